The lowest BCUT2D eigenvalue weighted by molar-refractivity contribution is 0.0695. The first-order valence-electron chi connectivity index (χ1n) is 6.30. The van der Waals surface area contributed by atoms with Crippen LogP contribution in [0.4, 0.5) is 10.1 Å². The summed E-state index contributed by atoms with van der Waals surface area (Å²) in [6.07, 6.45) is 0. The maximum Gasteiger partial charge on any atom is 0.336 e. The first kappa shape index (κ1) is 14.7. The lowest BCUT2D eigenvalue weighted by Crippen LogP contribution is -2.14. The van der Waals surface area contributed by atoms with Crippen molar-refractivity contribution >= 4 is 17.6 Å². The van der Waals surface area contributed by atoms with E-state index in [0.29, 0.717) is 16.8 Å². The van der Waals surface area contributed by atoms with Crippen LogP contribution in [0.25, 0.3) is 0 Å². The number of carboxylic acids is 1. The molecule has 0 heterocycles. The minimum Gasteiger partial charge on any atom is -0.478 e. The molecule has 0 fully saturated rings. The highest BCUT2D eigenvalue weighted by Gasteiger charge is 2.13. The number of hydrogen-bond acceptors (Lipinski definition) is 2. The molecule has 0 saturated heterocycles. The van der Waals surface area contributed by atoms with Crippen molar-refractivity contribution in [3.8, 4) is 0 Å². The molecule has 0 atom stereocenters. The van der Waals surface area contributed by atoms with E-state index in [0.717, 1.165) is 6.07 Å². The summed E-state index contributed by atoms with van der Waals surface area (Å²) in [5.41, 5.74) is 1.78. The van der Waals surface area contributed by atoms with Gasteiger partial charge in [-0.15, -0.1) is 0 Å². The summed E-state index contributed by atoms with van der Waals surface area (Å²) in [7, 11) is 0. The monoisotopic (exact) mass is 287 g/mol. The van der Waals surface area contributed by atoms with E-state index >= 15 is 0 Å². The lowest BCUT2D eigenvalue weighted by atomic mass is 10.1. The molecule has 0 aromatic heterocycles. The van der Waals surface area contributed by atoms with E-state index in [1.807, 2.05) is 0 Å². The molecular formula is C16H14FNO3. The second-order valence-electron chi connectivity index (χ2n) is 4.75. The van der Waals surface area contributed by atoms with Crippen LogP contribution in [0.5, 0.6) is 0 Å². The van der Waals surface area contributed by atoms with E-state index in [-0.39, 0.29) is 11.1 Å². The quantitative estimate of drug-likeness (QED) is 0.909. The van der Waals surface area contributed by atoms with Crippen molar-refractivity contribution < 1.29 is 19.1 Å². The Hall–Kier alpha value is -2.69. The zero-order chi connectivity index (χ0) is 15.6. The van der Waals surface area contributed by atoms with E-state index in [2.05, 4.69) is 5.32 Å². The average Bonchev–Trinajstić information content (AvgIpc) is 2.39. The van der Waals surface area contributed by atoms with Crippen molar-refractivity contribution in [2.45, 2.75) is 13.8 Å². The SMILES string of the molecule is Cc1cc(F)cc(C(=O)Nc2cccc(C(=O)O)c2C)c1. The van der Waals surface area contributed by atoms with Crippen molar-refractivity contribution in [2.75, 3.05) is 5.32 Å². The van der Waals surface area contributed by atoms with E-state index in [4.69, 9.17) is 5.11 Å². The molecular weight excluding hydrogens is 273 g/mol. The van der Waals surface area contributed by atoms with Crippen LogP contribution in [0.1, 0.15) is 31.8 Å². The van der Waals surface area contributed by atoms with Crippen LogP contribution < -0.4 is 5.32 Å². The van der Waals surface area contributed by atoms with Crippen molar-refractivity contribution in [3.63, 3.8) is 0 Å². The van der Waals surface area contributed by atoms with Crippen LogP contribution >= 0.6 is 0 Å². The number of carbonyl (C=O) groups is 2. The number of carboxylic acid groups (broad SMARTS) is 1. The standard InChI is InChI=1S/C16H14FNO3/c1-9-6-11(8-12(17)7-9)15(19)18-14-5-3-4-13(10(14)2)16(20)21/h3-8H,1-2H3,(H,18,19)(H,20,21). The van der Waals surface area contributed by atoms with Gasteiger partial charge in [0, 0.05) is 11.3 Å². The number of aromatic carboxylic acids is 1. The highest BCUT2D eigenvalue weighted by Crippen LogP contribution is 2.20. The first-order valence-corrected chi connectivity index (χ1v) is 6.30. The van der Waals surface area contributed by atoms with Crippen LogP contribution in [0.3, 0.4) is 0 Å². The van der Waals surface area contributed by atoms with E-state index in [9.17, 15) is 14.0 Å². The number of hydrogen-bond donors (Lipinski definition) is 2. The smallest absolute Gasteiger partial charge is 0.336 e. The maximum absolute atomic E-state index is 13.3. The van der Waals surface area contributed by atoms with Crippen molar-refractivity contribution in [1.29, 1.82) is 0 Å². The Balaban J connectivity index is 2.32. The van der Waals surface area contributed by atoms with Gasteiger partial charge in [0.2, 0.25) is 0 Å². The summed E-state index contributed by atoms with van der Waals surface area (Å²) >= 11 is 0. The molecule has 2 aromatic carbocycles. The molecule has 2 N–H and O–H groups in total. The number of carbonyl (C=O) groups excluding carboxylic acids is 1. The number of amides is 1. The maximum atomic E-state index is 13.3. The lowest BCUT2D eigenvalue weighted by Gasteiger charge is -2.11. The summed E-state index contributed by atoms with van der Waals surface area (Å²) in [4.78, 5) is 23.2. The number of aryl methyl sites for hydroxylation is 1. The van der Waals surface area contributed by atoms with Crippen LogP contribution in [-0.4, -0.2) is 17.0 Å². The molecule has 0 spiro atoms. The fraction of sp³-hybridized carbons (Fsp3) is 0.125. The van der Waals surface area contributed by atoms with Crippen LogP contribution in [0.15, 0.2) is 36.4 Å². The molecule has 0 radical (unpaired) electrons. The molecule has 108 valence electrons. The van der Waals surface area contributed by atoms with Crippen molar-refractivity contribution in [2.24, 2.45) is 0 Å². The minimum atomic E-state index is -1.06. The molecule has 5 heteroatoms. The fourth-order valence-electron chi connectivity index (χ4n) is 2.06. The van der Waals surface area contributed by atoms with Gasteiger partial charge in [-0.1, -0.05) is 6.07 Å². The van der Waals surface area contributed by atoms with Gasteiger partial charge in [-0.3, -0.25) is 4.79 Å². The van der Waals surface area contributed by atoms with E-state index in [1.165, 1.54) is 12.1 Å². The number of halogens is 1. The van der Waals surface area contributed by atoms with Crippen LogP contribution in [0.2, 0.25) is 0 Å². The summed E-state index contributed by atoms with van der Waals surface area (Å²) in [5, 5.41) is 11.7. The zero-order valence-electron chi connectivity index (χ0n) is 11.6. The highest BCUT2D eigenvalue weighted by atomic mass is 19.1. The summed E-state index contributed by atoms with van der Waals surface area (Å²) in [6.45, 7) is 3.30. The second kappa shape index (κ2) is 5.75. The largest absolute Gasteiger partial charge is 0.478 e. The number of benzene rings is 2. The Morgan fingerprint density at radius 1 is 1.14 bits per heavy atom. The predicted octanol–water partition coefficient (Wildman–Crippen LogP) is 3.39. The average molecular weight is 287 g/mol. The van der Waals surface area contributed by atoms with Crippen LogP contribution in [0, 0.1) is 19.7 Å². The highest BCUT2D eigenvalue weighted by molar-refractivity contribution is 6.05. The van der Waals surface area contributed by atoms with Gasteiger partial charge in [-0.05, 0) is 55.3 Å². The summed E-state index contributed by atoms with van der Waals surface area (Å²) in [6, 6.07) is 8.63. The second-order valence-corrected chi connectivity index (χ2v) is 4.75. The third-order valence-corrected chi connectivity index (χ3v) is 3.12. The Labute approximate surface area is 121 Å². The van der Waals surface area contributed by atoms with Gasteiger partial charge in [-0.2, -0.15) is 0 Å². The van der Waals surface area contributed by atoms with Gasteiger partial charge in [-0.25, -0.2) is 9.18 Å². The van der Waals surface area contributed by atoms with Crippen molar-refractivity contribution in [3.05, 3.63) is 64.5 Å². The van der Waals surface area contributed by atoms with Gasteiger partial charge in [0.1, 0.15) is 5.82 Å². The predicted molar refractivity (Wildman–Crippen MR) is 77.2 cm³/mol. The third kappa shape index (κ3) is 3.25. The van der Waals surface area contributed by atoms with E-state index in [1.54, 1.807) is 32.0 Å². The number of anilines is 1. The molecule has 1 amide bonds. The molecule has 0 aliphatic rings. The van der Waals surface area contributed by atoms with E-state index < -0.39 is 17.7 Å². The molecule has 0 aliphatic heterocycles. The number of rotatable bonds is 3. The van der Waals surface area contributed by atoms with Crippen LogP contribution in [-0.2, 0) is 0 Å². The summed E-state index contributed by atoms with van der Waals surface area (Å²) in [5.74, 6) is -2.04. The van der Waals surface area contributed by atoms with Gasteiger partial charge in [0.25, 0.3) is 5.91 Å². The topological polar surface area (TPSA) is 66.4 Å². The van der Waals surface area contributed by atoms with Gasteiger partial charge < -0.3 is 10.4 Å². The summed E-state index contributed by atoms with van der Waals surface area (Å²) < 4.78 is 13.3. The Morgan fingerprint density at radius 3 is 2.48 bits per heavy atom. The molecule has 0 saturated carbocycles. The molecule has 0 bridgehead atoms. The molecule has 2 aromatic rings. The molecule has 21 heavy (non-hydrogen) atoms. The van der Waals surface area contributed by atoms with Gasteiger partial charge in [0.15, 0.2) is 0 Å². The molecule has 4 nitrogen and oxygen atoms in total. The Morgan fingerprint density at radius 2 is 1.86 bits per heavy atom. The minimum absolute atomic E-state index is 0.114. The Kier molecular flexibility index (Phi) is 4.03. The first-order chi connectivity index (χ1) is 9.88. The van der Waals surface area contributed by atoms with Gasteiger partial charge in [0.05, 0.1) is 5.56 Å². The van der Waals surface area contributed by atoms with Gasteiger partial charge >= 0.3 is 5.97 Å². The van der Waals surface area contributed by atoms with Crippen molar-refractivity contribution in [1.82, 2.24) is 0 Å². The molecule has 0 aliphatic carbocycles. The molecule has 0 unspecified atom stereocenters. The fourth-order valence-corrected chi connectivity index (χ4v) is 2.06. The zero-order valence-corrected chi connectivity index (χ0v) is 11.6. The number of nitrogens with one attached hydrogen (secondary N) is 1. The third-order valence-electron chi connectivity index (χ3n) is 3.12. The normalized spacial score (nSPS) is 10.2. The Bertz CT molecular complexity index is 705. The molecule has 2 rings (SSSR count).